The Hall–Kier alpha value is -3.82. The number of halogens is 1. The smallest absolute Gasteiger partial charge is 0.274 e. The maximum absolute atomic E-state index is 12.3. The van der Waals surface area contributed by atoms with Crippen LogP contribution in [-0.2, 0) is 0 Å². The number of rotatable bonds is 5. The summed E-state index contributed by atoms with van der Waals surface area (Å²) in [5, 5.41) is 14.9. The van der Waals surface area contributed by atoms with Crippen LogP contribution >= 0.6 is 23.1 Å². The second-order valence-corrected chi connectivity index (χ2v) is 7.69. The van der Waals surface area contributed by atoms with Crippen LogP contribution in [0.3, 0.4) is 0 Å². The lowest BCUT2D eigenvalue weighted by Crippen LogP contribution is -2.13. The number of aromatic nitrogens is 5. The van der Waals surface area contributed by atoms with Crippen LogP contribution in [0, 0.1) is 0 Å². The van der Waals surface area contributed by atoms with Crippen LogP contribution in [0.4, 0.5) is 16.5 Å². The SMILES string of the molecule is O=C(Nc1cccc(-c2nsc(Nc3ccc4[nH]ncc4c3Cl)n2)c1)c1ccccn1. The van der Waals surface area contributed by atoms with Crippen molar-refractivity contribution in [1.29, 1.82) is 0 Å². The number of H-pyrrole nitrogens is 1. The van der Waals surface area contributed by atoms with Crippen LogP contribution in [0.15, 0.2) is 67.0 Å². The molecule has 0 bridgehead atoms. The number of aromatic amines is 1. The minimum Gasteiger partial charge on any atom is -0.329 e. The molecule has 10 heteroatoms. The summed E-state index contributed by atoms with van der Waals surface area (Å²) in [5.41, 5.74) is 3.33. The Bertz CT molecular complexity index is 1380. The molecule has 0 saturated heterocycles. The highest BCUT2D eigenvalue weighted by atomic mass is 35.5. The molecule has 3 aromatic heterocycles. The van der Waals surface area contributed by atoms with Crippen molar-refractivity contribution in [3.8, 4) is 11.4 Å². The molecule has 152 valence electrons. The number of hydrogen-bond acceptors (Lipinski definition) is 7. The Labute approximate surface area is 185 Å². The summed E-state index contributed by atoms with van der Waals surface area (Å²) in [4.78, 5) is 21.0. The lowest BCUT2D eigenvalue weighted by atomic mass is 10.2. The number of carbonyl (C=O) groups excluding carboxylic acids is 1. The first kappa shape index (κ1) is 19.2. The van der Waals surface area contributed by atoms with E-state index in [2.05, 4.69) is 35.2 Å². The number of benzene rings is 2. The molecule has 0 fully saturated rings. The molecule has 31 heavy (non-hydrogen) atoms. The van der Waals surface area contributed by atoms with Crippen molar-refractivity contribution >= 4 is 56.4 Å². The van der Waals surface area contributed by atoms with Gasteiger partial charge in [-0.1, -0.05) is 29.8 Å². The Morgan fingerprint density at radius 2 is 2.03 bits per heavy atom. The summed E-state index contributed by atoms with van der Waals surface area (Å²) in [6.45, 7) is 0. The molecule has 3 N–H and O–H groups in total. The van der Waals surface area contributed by atoms with Crippen molar-refractivity contribution in [3.05, 3.63) is 77.7 Å². The molecule has 0 unspecified atom stereocenters. The summed E-state index contributed by atoms with van der Waals surface area (Å²) in [6, 6.07) is 16.3. The second kappa shape index (κ2) is 8.13. The van der Waals surface area contributed by atoms with E-state index in [0.29, 0.717) is 27.4 Å². The van der Waals surface area contributed by atoms with Gasteiger partial charge in [0.05, 0.1) is 22.4 Å². The Balaban J connectivity index is 1.35. The highest BCUT2D eigenvalue weighted by Crippen LogP contribution is 2.33. The summed E-state index contributed by atoms with van der Waals surface area (Å²) in [5.74, 6) is 0.262. The van der Waals surface area contributed by atoms with Gasteiger partial charge in [-0.3, -0.25) is 14.9 Å². The molecule has 0 spiro atoms. The standard InChI is InChI=1S/C21H14ClN7OS/c22-18-14-11-24-28-15(14)7-8-16(18)26-21-27-19(29-31-21)12-4-3-5-13(10-12)25-20(30)17-6-1-2-9-23-17/h1-11H,(H,24,28)(H,25,30)(H,26,27,29). The molecule has 2 aromatic carbocycles. The first-order chi connectivity index (χ1) is 15.2. The number of nitrogens with one attached hydrogen (secondary N) is 3. The fourth-order valence-electron chi connectivity index (χ4n) is 3.01. The monoisotopic (exact) mass is 447 g/mol. The van der Waals surface area contributed by atoms with E-state index in [9.17, 15) is 4.79 Å². The van der Waals surface area contributed by atoms with E-state index in [4.69, 9.17) is 11.6 Å². The van der Waals surface area contributed by atoms with Crippen LogP contribution in [0.5, 0.6) is 0 Å². The molecule has 3 heterocycles. The fourth-order valence-corrected chi connectivity index (χ4v) is 3.88. The average Bonchev–Trinajstić information content (AvgIpc) is 3.47. The van der Waals surface area contributed by atoms with Gasteiger partial charge in [-0.2, -0.15) is 14.5 Å². The molecule has 8 nitrogen and oxygen atoms in total. The number of pyridine rings is 1. The van der Waals surface area contributed by atoms with E-state index >= 15 is 0 Å². The normalized spacial score (nSPS) is 10.9. The van der Waals surface area contributed by atoms with Crippen molar-refractivity contribution < 1.29 is 4.79 Å². The largest absolute Gasteiger partial charge is 0.329 e. The van der Waals surface area contributed by atoms with E-state index in [1.54, 1.807) is 36.7 Å². The first-order valence-corrected chi connectivity index (χ1v) is 10.4. The molecule has 5 rings (SSSR count). The molecule has 0 aliphatic carbocycles. The molecule has 0 saturated carbocycles. The minimum absolute atomic E-state index is 0.282. The molecule has 1 amide bonds. The highest BCUT2D eigenvalue weighted by Gasteiger charge is 2.12. The van der Waals surface area contributed by atoms with E-state index in [0.717, 1.165) is 22.2 Å². The van der Waals surface area contributed by atoms with Crippen molar-refractivity contribution in [2.75, 3.05) is 10.6 Å². The quantitative estimate of drug-likeness (QED) is 0.345. The fraction of sp³-hybridized carbons (Fsp3) is 0. The summed E-state index contributed by atoms with van der Waals surface area (Å²) in [7, 11) is 0. The first-order valence-electron chi connectivity index (χ1n) is 9.22. The van der Waals surface area contributed by atoms with Gasteiger partial charge in [-0.05, 0) is 36.4 Å². The van der Waals surface area contributed by atoms with Gasteiger partial charge in [-0.25, -0.2) is 0 Å². The third kappa shape index (κ3) is 3.96. The lowest BCUT2D eigenvalue weighted by molar-refractivity contribution is 0.102. The number of amides is 1. The second-order valence-electron chi connectivity index (χ2n) is 6.56. The molecule has 0 aliphatic heterocycles. The number of anilines is 3. The van der Waals surface area contributed by atoms with Gasteiger partial charge < -0.3 is 10.6 Å². The zero-order valence-electron chi connectivity index (χ0n) is 15.8. The molecule has 0 aliphatic rings. The number of fused-ring (bicyclic) bond motifs is 1. The predicted octanol–water partition coefficient (Wildman–Crippen LogP) is 5.13. The van der Waals surface area contributed by atoms with Crippen molar-refractivity contribution in [2.24, 2.45) is 0 Å². The highest BCUT2D eigenvalue weighted by molar-refractivity contribution is 7.10. The number of carbonyl (C=O) groups is 1. The van der Waals surface area contributed by atoms with Crippen LogP contribution in [0.1, 0.15) is 10.5 Å². The predicted molar refractivity (Wildman–Crippen MR) is 122 cm³/mol. The molecule has 0 radical (unpaired) electrons. The minimum atomic E-state index is -0.282. The molecular weight excluding hydrogens is 434 g/mol. The summed E-state index contributed by atoms with van der Waals surface area (Å²) < 4.78 is 4.42. The third-order valence-electron chi connectivity index (χ3n) is 4.50. The van der Waals surface area contributed by atoms with Gasteiger partial charge in [-0.15, -0.1) is 0 Å². The van der Waals surface area contributed by atoms with Gasteiger partial charge in [0, 0.05) is 34.4 Å². The average molecular weight is 448 g/mol. The van der Waals surface area contributed by atoms with E-state index in [1.165, 1.54) is 11.5 Å². The van der Waals surface area contributed by atoms with E-state index in [1.807, 2.05) is 30.3 Å². The third-order valence-corrected chi connectivity index (χ3v) is 5.54. The van der Waals surface area contributed by atoms with Crippen molar-refractivity contribution in [1.82, 2.24) is 24.5 Å². The van der Waals surface area contributed by atoms with E-state index in [-0.39, 0.29) is 5.91 Å². The maximum atomic E-state index is 12.3. The number of hydrogen-bond donors (Lipinski definition) is 3. The van der Waals surface area contributed by atoms with Gasteiger partial charge in [0.2, 0.25) is 5.13 Å². The van der Waals surface area contributed by atoms with Crippen LogP contribution < -0.4 is 10.6 Å². The van der Waals surface area contributed by atoms with Crippen molar-refractivity contribution in [2.45, 2.75) is 0 Å². The van der Waals surface area contributed by atoms with Crippen LogP contribution in [-0.4, -0.2) is 30.4 Å². The summed E-state index contributed by atoms with van der Waals surface area (Å²) in [6.07, 6.45) is 3.26. The molecular formula is C21H14ClN7OS. The Morgan fingerprint density at radius 1 is 1.10 bits per heavy atom. The molecule has 5 aromatic rings. The lowest BCUT2D eigenvalue weighted by Gasteiger charge is -2.06. The van der Waals surface area contributed by atoms with Gasteiger partial charge in [0.25, 0.3) is 5.91 Å². The Kier molecular flexibility index (Phi) is 5.03. The topological polar surface area (TPSA) is 108 Å². The zero-order valence-corrected chi connectivity index (χ0v) is 17.4. The van der Waals surface area contributed by atoms with Crippen LogP contribution in [0.25, 0.3) is 22.3 Å². The van der Waals surface area contributed by atoms with Gasteiger partial charge in [0.15, 0.2) is 5.82 Å². The Morgan fingerprint density at radius 3 is 2.90 bits per heavy atom. The van der Waals surface area contributed by atoms with E-state index < -0.39 is 0 Å². The summed E-state index contributed by atoms with van der Waals surface area (Å²) >= 11 is 7.69. The van der Waals surface area contributed by atoms with Gasteiger partial charge >= 0.3 is 0 Å². The van der Waals surface area contributed by atoms with Gasteiger partial charge in [0.1, 0.15) is 5.69 Å². The maximum Gasteiger partial charge on any atom is 0.274 e. The van der Waals surface area contributed by atoms with Crippen molar-refractivity contribution in [3.63, 3.8) is 0 Å². The zero-order chi connectivity index (χ0) is 21.2. The molecule has 0 atom stereocenters. The number of nitrogens with zero attached hydrogens (tertiary/aromatic N) is 4. The van der Waals surface area contributed by atoms with Crippen LogP contribution in [0.2, 0.25) is 5.02 Å².